The number of thiocarbonyl (C=S) groups is 1. The second-order valence-electron chi connectivity index (χ2n) is 7.98. The molecule has 3 aromatic heterocycles. The molecule has 11 heteroatoms. The minimum absolute atomic E-state index is 0.184. The van der Waals surface area contributed by atoms with Crippen LogP contribution in [0.3, 0.4) is 0 Å². The SMILES string of the molecule is CN/C=C(\C=N)c1ccc2ncc3c(=O)[nH]c(=O)n(C4CCN(C(=S)[C@H](C)O)CC4)c3c2n1. The quantitative estimate of drug-likeness (QED) is 0.249. The predicted octanol–water partition coefficient (Wildman–Crippen LogP) is 1.19. The van der Waals surface area contributed by atoms with Crippen molar-refractivity contribution in [3.05, 3.63) is 51.1 Å². The molecule has 0 amide bonds. The molecule has 1 fully saturated rings. The Morgan fingerprint density at radius 2 is 2.09 bits per heavy atom. The van der Waals surface area contributed by atoms with E-state index in [0.29, 0.717) is 58.7 Å². The van der Waals surface area contributed by atoms with Gasteiger partial charge in [-0.3, -0.25) is 19.3 Å². The molecule has 3 aromatic rings. The summed E-state index contributed by atoms with van der Waals surface area (Å²) >= 11 is 5.32. The number of rotatable bonds is 5. The predicted molar refractivity (Wildman–Crippen MR) is 132 cm³/mol. The molecule has 1 atom stereocenters. The Labute approximate surface area is 194 Å². The Morgan fingerprint density at radius 3 is 2.73 bits per heavy atom. The molecule has 0 saturated carbocycles. The number of aliphatic hydroxyl groups is 1. The number of hydrogen-bond acceptors (Lipinski definition) is 8. The van der Waals surface area contributed by atoms with Crippen LogP contribution in [0.4, 0.5) is 0 Å². The van der Waals surface area contributed by atoms with E-state index in [0.717, 1.165) is 0 Å². The molecular weight excluding hydrogens is 442 g/mol. The third kappa shape index (κ3) is 4.16. The van der Waals surface area contributed by atoms with E-state index < -0.39 is 17.4 Å². The zero-order valence-corrected chi connectivity index (χ0v) is 19.1. The second kappa shape index (κ2) is 9.20. The van der Waals surface area contributed by atoms with Crippen LogP contribution in [0.5, 0.6) is 0 Å². The van der Waals surface area contributed by atoms with Crippen LogP contribution in [-0.2, 0) is 0 Å². The van der Waals surface area contributed by atoms with Crippen molar-refractivity contribution in [2.24, 2.45) is 0 Å². The summed E-state index contributed by atoms with van der Waals surface area (Å²) in [4.78, 5) is 39.6. The Kier molecular flexibility index (Phi) is 6.34. The molecule has 0 unspecified atom stereocenters. The third-order valence-electron chi connectivity index (χ3n) is 5.86. The summed E-state index contributed by atoms with van der Waals surface area (Å²) in [5.74, 6) is 0. The summed E-state index contributed by atoms with van der Waals surface area (Å²) in [6.45, 7) is 2.82. The molecule has 4 rings (SSSR count). The Morgan fingerprint density at radius 1 is 1.36 bits per heavy atom. The van der Waals surface area contributed by atoms with Crippen LogP contribution >= 0.6 is 12.2 Å². The number of aromatic amines is 1. The molecule has 0 radical (unpaired) electrons. The minimum atomic E-state index is -0.709. The standard InChI is InChI=1S/C22H25N7O3S/c1-12(30)21(33)28-7-5-14(6-8-28)29-19-15(20(31)27-22(29)32)11-25-17-4-3-16(26-18(17)19)13(9-23)10-24-2/h3-4,9-12,14,23-24,30H,5-8H2,1-2H3,(H,27,31,32)/b13-10+,23-9?/t12-/m0/s1. The molecule has 0 bridgehead atoms. The summed E-state index contributed by atoms with van der Waals surface area (Å²) in [6.07, 6.45) is 4.82. The summed E-state index contributed by atoms with van der Waals surface area (Å²) in [6, 6.07) is 3.33. The van der Waals surface area contributed by atoms with Gasteiger partial charge in [0, 0.05) is 50.4 Å². The highest BCUT2D eigenvalue weighted by Crippen LogP contribution is 2.28. The van der Waals surface area contributed by atoms with E-state index >= 15 is 0 Å². The van der Waals surface area contributed by atoms with Crippen molar-refractivity contribution < 1.29 is 5.11 Å². The van der Waals surface area contributed by atoms with E-state index in [1.807, 2.05) is 4.90 Å². The fourth-order valence-electron chi connectivity index (χ4n) is 4.25. The second-order valence-corrected chi connectivity index (χ2v) is 8.40. The van der Waals surface area contributed by atoms with Crippen molar-refractivity contribution >= 4 is 50.9 Å². The van der Waals surface area contributed by atoms with Gasteiger partial charge in [0.2, 0.25) is 0 Å². The fourth-order valence-corrected chi connectivity index (χ4v) is 4.43. The Bertz CT molecular complexity index is 1380. The molecule has 1 aliphatic heterocycles. The van der Waals surface area contributed by atoms with Gasteiger partial charge < -0.3 is 20.7 Å². The lowest BCUT2D eigenvalue weighted by Gasteiger charge is -2.35. The highest BCUT2D eigenvalue weighted by molar-refractivity contribution is 7.80. The van der Waals surface area contributed by atoms with Crippen LogP contribution < -0.4 is 16.6 Å². The Hall–Kier alpha value is -3.44. The lowest BCUT2D eigenvalue weighted by molar-refractivity contribution is 0.215. The van der Waals surface area contributed by atoms with Gasteiger partial charge in [0.15, 0.2) is 0 Å². The zero-order valence-electron chi connectivity index (χ0n) is 18.3. The lowest BCUT2D eigenvalue weighted by atomic mass is 10.0. The summed E-state index contributed by atoms with van der Waals surface area (Å²) in [5.41, 5.74) is 1.47. The molecule has 172 valence electrons. The number of aliphatic hydroxyl groups excluding tert-OH is 1. The van der Waals surface area contributed by atoms with E-state index in [1.54, 1.807) is 36.9 Å². The number of H-pyrrole nitrogens is 1. The number of piperidine rings is 1. The van der Waals surface area contributed by atoms with Crippen LogP contribution in [-0.4, -0.2) is 67.0 Å². The topological polar surface area (TPSA) is 140 Å². The van der Waals surface area contributed by atoms with Gasteiger partial charge in [-0.25, -0.2) is 9.78 Å². The summed E-state index contributed by atoms with van der Waals surface area (Å²) < 4.78 is 1.60. The molecule has 4 N–H and O–H groups in total. The molecule has 4 heterocycles. The van der Waals surface area contributed by atoms with Gasteiger partial charge in [-0.1, -0.05) is 12.2 Å². The summed E-state index contributed by atoms with van der Waals surface area (Å²) in [7, 11) is 1.73. The van der Waals surface area contributed by atoms with Gasteiger partial charge in [-0.15, -0.1) is 0 Å². The van der Waals surface area contributed by atoms with Crippen LogP contribution in [0.1, 0.15) is 31.5 Å². The first-order chi connectivity index (χ1) is 15.8. The van der Waals surface area contributed by atoms with Crippen molar-refractivity contribution in [1.29, 1.82) is 5.41 Å². The molecule has 0 spiro atoms. The van der Waals surface area contributed by atoms with Gasteiger partial charge in [0.05, 0.1) is 22.1 Å². The lowest BCUT2D eigenvalue weighted by Crippen LogP contribution is -2.44. The monoisotopic (exact) mass is 467 g/mol. The number of fused-ring (bicyclic) bond motifs is 3. The van der Waals surface area contributed by atoms with Gasteiger partial charge in [0.1, 0.15) is 16.6 Å². The van der Waals surface area contributed by atoms with Crippen LogP contribution in [0, 0.1) is 5.41 Å². The van der Waals surface area contributed by atoms with Gasteiger partial charge >= 0.3 is 5.69 Å². The maximum Gasteiger partial charge on any atom is 0.329 e. The Balaban J connectivity index is 1.89. The number of allylic oxidation sites excluding steroid dienone is 1. The number of hydrogen-bond donors (Lipinski definition) is 4. The number of likely N-dealkylation sites (tertiary alicyclic amines) is 1. The highest BCUT2D eigenvalue weighted by atomic mass is 32.1. The highest BCUT2D eigenvalue weighted by Gasteiger charge is 2.27. The van der Waals surface area contributed by atoms with Crippen LogP contribution in [0.2, 0.25) is 0 Å². The first-order valence-corrected chi connectivity index (χ1v) is 11.1. The number of aromatic nitrogens is 4. The smallest absolute Gasteiger partial charge is 0.329 e. The fraction of sp³-hybridized carbons (Fsp3) is 0.364. The summed E-state index contributed by atoms with van der Waals surface area (Å²) in [5, 5.41) is 20.7. The average molecular weight is 468 g/mol. The molecule has 0 aromatic carbocycles. The maximum absolute atomic E-state index is 13.0. The molecule has 33 heavy (non-hydrogen) atoms. The number of nitrogens with one attached hydrogen (secondary N) is 3. The van der Waals surface area contributed by atoms with Crippen molar-refractivity contribution in [2.75, 3.05) is 20.1 Å². The van der Waals surface area contributed by atoms with Crippen LogP contribution in [0.15, 0.2) is 34.1 Å². The maximum atomic E-state index is 13.0. The molecule has 1 aliphatic rings. The van der Waals surface area contributed by atoms with Crippen molar-refractivity contribution in [3.63, 3.8) is 0 Å². The van der Waals surface area contributed by atoms with Crippen LogP contribution in [0.25, 0.3) is 27.5 Å². The number of nitrogens with zero attached hydrogens (tertiary/aromatic N) is 4. The van der Waals surface area contributed by atoms with E-state index in [1.165, 1.54) is 12.4 Å². The largest absolute Gasteiger partial charge is 0.393 e. The van der Waals surface area contributed by atoms with E-state index in [9.17, 15) is 14.7 Å². The molecule has 1 saturated heterocycles. The average Bonchev–Trinajstić information content (AvgIpc) is 2.82. The van der Waals surface area contributed by atoms with Gasteiger partial charge in [0.25, 0.3) is 5.56 Å². The first kappa shape index (κ1) is 22.7. The number of pyridine rings is 2. The van der Waals surface area contributed by atoms with Gasteiger partial charge in [-0.05, 0) is 31.9 Å². The van der Waals surface area contributed by atoms with Crippen molar-refractivity contribution in [3.8, 4) is 0 Å². The van der Waals surface area contributed by atoms with E-state index in [2.05, 4.69) is 15.3 Å². The van der Waals surface area contributed by atoms with E-state index in [4.69, 9.17) is 22.6 Å². The van der Waals surface area contributed by atoms with Gasteiger partial charge in [-0.2, -0.15) is 0 Å². The zero-order chi connectivity index (χ0) is 23.7. The molecular formula is C22H25N7O3S. The first-order valence-electron chi connectivity index (χ1n) is 10.6. The third-order valence-corrected chi connectivity index (χ3v) is 6.46. The van der Waals surface area contributed by atoms with E-state index in [-0.39, 0.29) is 11.4 Å². The van der Waals surface area contributed by atoms with Crippen molar-refractivity contribution in [1.82, 2.24) is 29.7 Å². The molecule has 0 aliphatic carbocycles. The van der Waals surface area contributed by atoms with Crippen molar-refractivity contribution in [2.45, 2.75) is 31.9 Å². The normalized spacial score (nSPS) is 16.2. The molecule has 10 nitrogen and oxygen atoms in total. The minimum Gasteiger partial charge on any atom is -0.393 e.